The van der Waals surface area contributed by atoms with Crippen molar-refractivity contribution in [1.29, 1.82) is 0 Å². The molecule has 0 radical (unpaired) electrons. The first-order valence-corrected chi connectivity index (χ1v) is 34.0. The number of anilines is 9. The second-order valence-electron chi connectivity index (χ2n) is 29.9. The number of hydrogen-bond acceptors (Lipinski definition) is 7. The molecule has 0 bridgehead atoms. The van der Waals surface area contributed by atoms with Crippen molar-refractivity contribution in [3.63, 3.8) is 0 Å². The van der Waals surface area contributed by atoms with Crippen LogP contribution in [0.3, 0.4) is 0 Å². The molecule has 446 valence electrons. The van der Waals surface area contributed by atoms with Crippen LogP contribution in [0.1, 0.15) is 129 Å². The molecule has 6 heterocycles. The normalized spacial score (nSPS) is 16.7. The molecule has 11 aromatic rings. The van der Waals surface area contributed by atoms with Crippen molar-refractivity contribution < 1.29 is 4.74 Å². The number of nitrogens with two attached hydrogens (primary N) is 1. The van der Waals surface area contributed by atoms with E-state index in [1.807, 2.05) is 22.7 Å². The fourth-order valence-corrected chi connectivity index (χ4v) is 18.8. The monoisotopic (exact) mass is 1210 g/mol. The molecular formula is C81H78B2N4OS2. The highest BCUT2D eigenvalue weighted by Crippen LogP contribution is 2.54. The molecule has 1 atom stereocenters. The van der Waals surface area contributed by atoms with E-state index in [1.165, 1.54) is 136 Å². The Bertz CT molecular complexity index is 4840. The van der Waals surface area contributed by atoms with Crippen LogP contribution in [0.4, 0.5) is 50.5 Å². The summed E-state index contributed by atoms with van der Waals surface area (Å²) in [5.74, 6) is 1.88. The third kappa shape index (κ3) is 8.58. The van der Waals surface area contributed by atoms with E-state index >= 15 is 0 Å². The summed E-state index contributed by atoms with van der Waals surface area (Å²) in [6.45, 7) is 34.5. The van der Waals surface area contributed by atoms with E-state index in [-0.39, 0.29) is 29.7 Å². The number of aryl methyl sites for hydroxylation is 6. The van der Waals surface area contributed by atoms with Crippen LogP contribution in [-0.2, 0) is 21.8 Å². The number of benzene rings is 9. The highest BCUT2D eigenvalue weighted by Gasteiger charge is 2.50. The first-order chi connectivity index (χ1) is 42.8. The Labute approximate surface area is 541 Å². The molecule has 9 aromatic carbocycles. The van der Waals surface area contributed by atoms with Gasteiger partial charge in [-0.25, -0.2) is 0 Å². The van der Waals surface area contributed by atoms with Gasteiger partial charge in [-0.3, -0.25) is 0 Å². The van der Waals surface area contributed by atoms with E-state index in [0.29, 0.717) is 0 Å². The second kappa shape index (κ2) is 19.7. The van der Waals surface area contributed by atoms with Crippen molar-refractivity contribution in [1.82, 2.24) is 0 Å². The fourth-order valence-electron chi connectivity index (χ4n) is 16.4. The summed E-state index contributed by atoms with van der Waals surface area (Å²) in [5, 5.41) is 2.45. The first-order valence-electron chi connectivity index (χ1n) is 32.4. The molecule has 0 fully saturated rings. The van der Waals surface area contributed by atoms with Gasteiger partial charge in [0.05, 0.1) is 5.00 Å². The third-order valence-corrected chi connectivity index (χ3v) is 23.7. The summed E-state index contributed by atoms with van der Waals surface area (Å²) in [5.41, 5.74) is 38.8. The molecule has 2 N–H and O–H groups in total. The lowest BCUT2D eigenvalue weighted by Gasteiger charge is -2.46. The van der Waals surface area contributed by atoms with Crippen molar-refractivity contribution >= 4 is 129 Å². The van der Waals surface area contributed by atoms with Crippen LogP contribution in [0, 0.1) is 41.5 Å². The van der Waals surface area contributed by atoms with Crippen LogP contribution < -0.4 is 57.9 Å². The van der Waals surface area contributed by atoms with Gasteiger partial charge in [-0.15, -0.1) is 22.7 Å². The molecule has 0 saturated heterocycles. The molecular weight excluding hydrogens is 1130 g/mol. The van der Waals surface area contributed by atoms with Gasteiger partial charge in [0.15, 0.2) is 0 Å². The van der Waals surface area contributed by atoms with Gasteiger partial charge in [0.25, 0.3) is 13.4 Å². The zero-order valence-electron chi connectivity index (χ0n) is 54.8. The van der Waals surface area contributed by atoms with Crippen molar-refractivity contribution in [2.75, 3.05) is 14.7 Å². The fraction of sp³-hybridized carbons (Fsp3) is 0.259. The Balaban J connectivity index is 1.04. The maximum Gasteiger partial charge on any atom is 0.256 e. The SMILES string of the molecule is Cc1cc(C)c(-c2cc3c4c(c2)N(c2ccccc2)c2cc5c(cc2B4c2ccc4sc(C(C)(C)C)cc4c2O3)B2c3cc(C(C)(C)C)sc3N(c3ccc4c(c3)C(C)(N)CCC4(C)C)c3cc(-c4c(C)cc(C)cc4C)cc(c32)N5c2ccccc2)c(C)c1. The van der Waals surface area contributed by atoms with Crippen LogP contribution in [0.25, 0.3) is 32.3 Å². The van der Waals surface area contributed by atoms with Gasteiger partial charge in [-0.2, -0.15) is 0 Å². The summed E-state index contributed by atoms with van der Waals surface area (Å²) in [7, 11) is 0. The Morgan fingerprint density at radius 2 is 0.978 bits per heavy atom. The minimum absolute atomic E-state index is 0.000721. The molecule has 2 aromatic heterocycles. The van der Waals surface area contributed by atoms with Crippen molar-refractivity contribution in [2.45, 2.75) is 138 Å². The number of ether oxygens (including phenoxy) is 1. The summed E-state index contributed by atoms with van der Waals surface area (Å²) in [6.07, 6.45) is 1.97. The zero-order chi connectivity index (χ0) is 62.6. The molecule has 1 aliphatic carbocycles. The minimum atomic E-state index is -0.479. The van der Waals surface area contributed by atoms with Crippen LogP contribution in [0.2, 0.25) is 0 Å². The van der Waals surface area contributed by atoms with Gasteiger partial charge in [-0.05, 0) is 245 Å². The lowest BCUT2D eigenvalue weighted by Crippen LogP contribution is -2.64. The number of fused-ring (bicyclic) bond motifs is 11. The predicted octanol–water partition coefficient (Wildman–Crippen LogP) is 18.5. The Hall–Kier alpha value is -8.07. The third-order valence-electron chi connectivity index (χ3n) is 20.6. The quantitative estimate of drug-likeness (QED) is 0.174. The smallest absolute Gasteiger partial charge is 0.256 e. The lowest BCUT2D eigenvalue weighted by molar-refractivity contribution is 0.319. The average molecular weight is 1210 g/mol. The summed E-state index contributed by atoms with van der Waals surface area (Å²) >= 11 is 3.86. The Morgan fingerprint density at radius 3 is 1.54 bits per heavy atom. The molecule has 90 heavy (non-hydrogen) atoms. The molecule has 5 nitrogen and oxygen atoms in total. The highest BCUT2D eigenvalue weighted by atomic mass is 32.1. The topological polar surface area (TPSA) is 45.0 Å². The standard InChI is InChI=1S/C81H78B2N4OS2/c1-45-32-47(3)72(48(4)33-45)51-36-65-74-66(37-51)87(55-26-27-57-58(40-55)81(15,84)31-30-80(57,13)14)77-62(43-71(90-77)79(10,11)12)83(74)61-42-60-63(44-64(61)85(65)53-22-18-16-19-23-53)86(54-24-20-17-21-25-54)67-38-52(73-49(5)34-46(2)35-50(73)6)39-68-75(67)82(60)59-28-29-69-56(76(59)88-68)41-70(89-69)78(7,8)9/h16-29,32-44H,30-31,84H2,1-15H3. The van der Waals surface area contributed by atoms with Gasteiger partial charge in [0, 0.05) is 70.9 Å². The highest BCUT2D eigenvalue weighted by molar-refractivity contribution is 7.20. The Morgan fingerprint density at radius 1 is 0.456 bits per heavy atom. The number of thiophene rings is 2. The summed E-state index contributed by atoms with van der Waals surface area (Å²) in [4.78, 5) is 10.6. The lowest BCUT2D eigenvalue weighted by atomic mass is 9.30. The van der Waals surface area contributed by atoms with E-state index in [1.54, 1.807) is 0 Å². The Kier molecular flexibility index (Phi) is 12.5. The maximum atomic E-state index is 7.65. The molecule has 0 amide bonds. The van der Waals surface area contributed by atoms with Crippen molar-refractivity contribution in [3.8, 4) is 33.8 Å². The summed E-state index contributed by atoms with van der Waals surface area (Å²) < 4.78 is 8.90. The van der Waals surface area contributed by atoms with E-state index < -0.39 is 5.54 Å². The number of para-hydroxylation sites is 2. The number of hydrogen-bond donors (Lipinski definition) is 1. The van der Waals surface area contributed by atoms with E-state index in [0.717, 1.165) is 58.3 Å². The van der Waals surface area contributed by atoms with E-state index in [2.05, 4.69) is 282 Å². The molecule has 0 saturated carbocycles. The average Bonchev–Trinajstić information content (AvgIpc) is 1.02. The first kappa shape index (κ1) is 57.1. The molecule has 9 heteroatoms. The number of rotatable bonds is 5. The summed E-state index contributed by atoms with van der Waals surface area (Å²) in [6, 6.07) is 64.0. The number of nitrogens with zero attached hydrogens (tertiary/aromatic N) is 3. The van der Waals surface area contributed by atoms with Gasteiger partial charge in [-0.1, -0.05) is 151 Å². The van der Waals surface area contributed by atoms with Gasteiger partial charge >= 0.3 is 0 Å². The predicted molar refractivity (Wildman–Crippen MR) is 390 cm³/mol. The minimum Gasteiger partial charge on any atom is -0.458 e. The van der Waals surface area contributed by atoms with E-state index in [4.69, 9.17) is 10.5 Å². The maximum absolute atomic E-state index is 7.65. The molecule has 1 unspecified atom stereocenters. The van der Waals surface area contributed by atoms with Crippen LogP contribution in [0.5, 0.6) is 11.5 Å². The molecule has 0 spiro atoms. The zero-order valence-corrected chi connectivity index (χ0v) is 56.4. The van der Waals surface area contributed by atoms with Gasteiger partial charge < -0.3 is 25.2 Å². The molecule has 16 rings (SSSR count). The van der Waals surface area contributed by atoms with Crippen LogP contribution in [-0.4, -0.2) is 13.4 Å². The van der Waals surface area contributed by atoms with Crippen molar-refractivity contribution in [2.24, 2.45) is 5.73 Å². The van der Waals surface area contributed by atoms with Crippen LogP contribution in [0.15, 0.2) is 164 Å². The largest absolute Gasteiger partial charge is 0.458 e. The van der Waals surface area contributed by atoms with Gasteiger partial charge in [0.2, 0.25) is 0 Å². The van der Waals surface area contributed by atoms with Crippen LogP contribution >= 0.6 is 22.7 Å². The van der Waals surface area contributed by atoms with E-state index in [9.17, 15) is 0 Å². The molecule has 4 aliphatic heterocycles. The van der Waals surface area contributed by atoms with Crippen molar-refractivity contribution in [3.05, 3.63) is 218 Å². The second-order valence-corrected chi connectivity index (χ2v) is 32.0. The van der Waals surface area contributed by atoms with Gasteiger partial charge in [0.1, 0.15) is 11.5 Å². The molecule has 5 aliphatic rings.